The van der Waals surface area contributed by atoms with Crippen molar-refractivity contribution in [3.63, 3.8) is 0 Å². The number of imidazole rings is 1. The van der Waals surface area contributed by atoms with Crippen LogP contribution in [-0.4, -0.2) is 96.9 Å². The number of benzene rings is 2. The molecule has 2 fully saturated rings. The van der Waals surface area contributed by atoms with Crippen LogP contribution in [0.2, 0.25) is 0 Å². The van der Waals surface area contributed by atoms with E-state index < -0.39 is 18.1 Å². The van der Waals surface area contributed by atoms with E-state index in [-0.39, 0.29) is 23.8 Å². The second kappa shape index (κ2) is 14.1. The van der Waals surface area contributed by atoms with Crippen molar-refractivity contribution in [3.05, 3.63) is 47.9 Å². The normalized spacial score (nSPS) is 16.1. The maximum atomic E-state index is 15.2. The molecule has 2 aromatic carbocycles. The number of aromatic nitrogens is 2. The van der Waals surface area contributed by atoms with E-state index in [1.165, 1.54) is 17.4 Å². The van der Waals surface area contributed by atoms with Gasteiger partial charge >= 0.3 is 6.09 Å². The van der Waals surface area contributed by atoms with Crippen LogP contribution in [0.3, 0.4) is 0 Å². The molecule has 0 radical (unpaired) electrons. The fraction of sp³-hybridized carbons (Fsp3) is 0.469. The lowest BCUT2D eigenvalue weighted by atomic mass is 10.1. The van der Waals surface area contributed by atoms with Crippen molar-refractivity contribution in [3.8, 4) is 22.8 Å². The number of rotatable bonds is 11. The summed E-state index contributed by atoms with van der Waals surface area (Å²) in [5, 5.41) is 2.99. The first-order valence-corrected chi connectivity index (χ1v) is 16.2. The SMILES string of the molecule is COCCOc1cc2c(cc1C(=O)NCCCN1CCC(F)CC1)sc1nc(-c3ccc(OC(=O)N4CCCC4)cc3F)cn12. The lowest BCUT2D eigenvalue weighted by molar-refractivity contribution is 0.0942. The molecule has 0 aliphatic carbocycles. The predicted octanol–water partition coefficient (Wildman–Crippen LogP) is 5.53. The predicted molar refractivity (Wildman–Crippen MR) is 168 cm³/mol. The first-order valence-electron chi connectivity index (χ1n) is 15.4. The molecule has 240 valence electrons. The minimum Gasteiger partial charge on any atom is -0.490 e. The Bertz CT molecular complexity index is 1660. The largest absolute Gasteiger partial charge is 0.490 e. The summed E-state index contributed by atoms with van der Waals surface area (Å²) in [5.74, 6) is -0.241. The Morgan fingerprint density at radius 3 is 2.64 bits per heavy atom. The summed E-state index contributed by atoms with van der Waals surface area (Å²) in [6.07, 6.45) is 4.34. The molecule has 1 N–H and O–H groups in total. The highest BCUT2D eigenvalue weighted by Gasteiger charge is 2.22. The minimum absolute atomic E-state index is 0.143. The Balaban J connectivity index is 1.18. The van der Waals surface area contributed by atoms with E-state index in [0.717, 1.165) is 49.1 Å². The molecule has 4 heterocycles. The van der Waals surface area contributed by atoms with Gasteiger partial charge in [0.05, 0.1) is 28.1 Å². The highest BCUT2D eigenvalue weighted by Crippen LogP contribution is 2.35. The summed E-state index contributed by atoms with van der Waals surface area (Å²) in [6, 6.07) is 7.92. The van der Waals surface area contributed by atoms with Crippen LogP contribution >= 0.6 is 11.3 Å². The van der Waals surface area contributed by atoms with E-state index in [1.807, 2.05) is 4.40 Å². The Kier molecular flexibility index (Phi) is 9.76. The van der Waals surface area contributed by atoms with Crippen LogP contribution in [0.4, 0.5) is 13.6 Å². The molecule has 0 bridgehead atoms. The summed E-state index contributed by atoms with van der Waals surface area (Å²) in [5.41, 5.74) is 1.89. The van der Waals surface area contributed by atoms with Gasteiger partial charge in [-0.25, -0.2) is 18.6 Å². The van der Waals surface area contributed by atoms with E-state index >= 15 is 4.39 Å². The Morgan fingerprint density at radius 2 is 1.89 bits per heavy atom. The zero-order valence-corrected chi connectivity index (χ0v) is 26.0. The number of likely N-dealkylation sites (tertiary alicyclic amines) is 2. The number of amides is 2. The van der Waals surface area contributed by atoms with Crippen LogP contribution in [0.1, 0.15) is 42.5 Å². The monoisotopic (exact) mass is 641 g/mol. The summed E-state index contributed by atoms with van der Waals surface area (Å²) in [6.45, 7) is 4.69. The summed E-state index contributed by atoms with van der Waals surface area (Å²) < 4.78 is 47.8. The number of hydrogen-bond donors (Lipinski definition) is 1. The molecule has 2 saturated heterocycles. The molecule has 2 amide bonds. The van der Waals surface area contributed by atoms with Gasteiger partial charge < -0.3 is 29.3 Å². The minimum atomic E-state index is -0.704. The standard InChI is InChI=1S/C32H37F2N5O5S/c1-42-15-16-43-28-19-27-29(18-24(28)30(40)35-9-4-10-37-13-7-21(33)8-14-37)45-31-36-26(20-39(27)31)23-6-5-22(17-25(23)34)44-32(41)38-11-2-3-12-38/h5-6,17-21H,2-4,7-16H2,1H3,(H,35,40). The Morgan fingerprint density at radius 1 is 1.09 bits per heavy atom. The van der Waals surface area contributed by atoms with Gasteiger partial charge in [0.2, 0.25) is 0 Å². The van der Waals surface area contributed by atoms with Crippen molar-refractivity contribution in [2.75, 3.05) is 59.6 Å². The van der Waals surface area contributed by atoms with Gasteiger partial charge in [-0.15, -0.1) is 0 Å². The summed E-state index contributed by atoms with van der Waals surface area (Å²) in [4.78, 5) is 34.7. The number of ether oxygens (including phenoxy) is 3. The van der Waals surface area contributed by atoms with Crippen molar-refractivity contribution in [2.45, 2.75) is 38.3 Å². The van der Waals surface area contributed by atoms with Gasteiger partial charge in [0, 0.05) is 63.7 Å². The first-order chi connectivity index (χ1) is 21.9. The number of nitrogens with one attached hydrogen (secondary N) is 1. The molecule has 10 nitrogen and oxygen atoms in total. The highest BCUT2D eigenvalue weighted by atomic mass is 32.1. The number of carbonyl (C=O) groups excluding carboxylic acids is 2. The molecule has 0 atom stereocenters. The molecule has 6 rings (SSSR count). The van der Waals surface area contributed by atoms with E-state index in [1.54, 1.807) is 42.5 Å². The number of thiazole rings is 1. The molecule has 0 saturated carbocycles. The van der Waals surface area contributed by atoms with Crippen molar-refractivity contribution in [1.29, 1.82) is 0 Å². The molecule has 2 aliphatic rings. The van der Waals surface area contributed by atoms with E-state index in [0.29, 0.717) is 61.1 Å². The lowest BCUT2D eigenvalue weighted by Gasteiger charge is -2.28. The zero-order chi connectivity index (χ0) is 31.3. The molecule has 13 heteroatoms. The summed E-state index contributed by atoms with van der Waals surface area (Å²) in [7, 11) is 1.58. The quantitative estimate of drug-likeness (QED) is 0.215. The van der Waals surface area contributed by atoms with Crippen molar-refractivity contribution in [1.82, 2.24) is 24.5 Å². The molecule has 2 aromatic heterocycles. The second-order valence-corrected chi connectivity index (χ2v) is 12.4. The van der Waals surface area contributed by atoms with Gasteiger partial charge in [-0.1, -0.05) is 11.3 Å². The van der Waals surface area contributed by atoms with Crippen molar-refractivity contribution >= 4 is 38.5 Å². The number of halogens is 2. The number of fused-ring (bicyclic) bond motifs is 3. The van der Waals surface area contributed by atoms with Crippen LogP contribution < -0.4 is 14.8 Å². The zero-order valence-electron chi connectivity index (χ0n) is 25.2. The van der Waals surface area contributed by atoms with Gasteiger partial charge in [0.15, 0.2) is 4.96 Å². The molecule has 4 aromatic rings. The smallest absolute Gasteiger partial charge is 0.415 e. The third-order valence-corrected chi connectivity index (χ3v) is 9.24. The molecular formula is C32H37F2N5O5S. The average Bonchev–Trinajstić information content (AvgIpc) is 3.78. The lowest BCUT2D eigenvalue weighted by Crippen LogP contribution is -2.36. The Labute approximate surface area is 263 Å². The third kappa shape index (κ3) is 7.21. The number of nitrogens with zero attached hydrogens (tertiary/aromatic N) is 4. The Hall–Kier alpha value is -3.81. The van der Waals surface area contributed by atoms with Gasteiger partial charge in [0.25, 0.3) is 5.91 Å². The van der Waals surface area contributed by atoms with Gasteiger partial charge in [-0.05, 0) is 56.8 Å². The topological polar surface area (TPSA) is 97.6 Å². The van der Waals surface area contributed by atoms with E-state index in [4.69, 9.17) is 14.2 Å². The number of alkyl halides is 1. The van der Waals surface area contributed by atoms with Crippen LogP contribution in [0, 0.1) is 5.82 Å². The average molecular weight is 642 g/mol. The maximum Gasteiger partial charge on any atom is 0.415 e. The number of methoxy groups -OCH3 is 1. The molecule has 2 aliphatic heterocycles. The number of carbonyl (C=O) groups is 2. The first kappa shape index (κ1) is 31.2. The van der Waals surface area contributed by atoms with Crippen LogP contribution in [0.15, 0.2) is 36.5 Å². The summed E-state index contributed by atoms with van der Waals surface area (Å²) >= 11 is 1.38. The van der Waals surface area contributed by atoms with Crippen LogP contribution in [-0.2, 0) is 4.74 Å². The fourth-order valence-electron chi connectivity index (χ4n) is 5.74. The van der Waals surface area contributed by atoms with Gasteiger partial charge in [-0.2, -0.15) is 0 Å². The van der Waals surface area contributed by atoms with Gasteiger partial charge in [0.1, 0.15) is 30.1 Å². The fourth-order valence-corrected chi connectivity index (χ4v) is 6.77. The third-order valence-electron chi connectivity index (χ3n) is 8.22. The van der Waals surface area contributed by atoms with Crippen molar-refractivity contribution < 1.29 is 32.6 Å². The maximum absolute atomic E-state index is 15.2. The molecule has 45 heavy (non-hydrogen) atoms. The van der Waals surface area contributed by atoms with E-state index in [9.17, 15) is 14.0 Å². The van der Waals surface area contributed by atoms with E-state index in [2.05, 4.69) is 15.2 Å². The molecular weight excluding hydrogens is 604 g/mol. The molecule has 0 spiro atoms. The molecule has 0 unspecified atom stereocenters. The second-order valence-electron chi connectivity index (χ2n) is 11.4. The highest BCUT2D eigenvalue weighted by molar-refractivity contribution is 7.23. The number of piperidine rings is 1. The van der Waals surface area contributed by atoms with Crippen molar-refractivity contribution in [2.24, 2.45) is 0 Å². The van der Waals surface area contributed by atoms with Crippen LogP contribution in [0.5, 0.6) is 11.5 Å². The number of hydrogen-bond acceptors (Lipinski definition) is 8. The van der Waals surface area contributed by atoms with Gasteiger partial charge in [-0.3, -0.25) is 9.20 Å². The van der Waals surface area contributed by atoms with Crippen LogP contribution in [0.25, 0.3) is 26.4 Å².